The van der Waals surface area contributed by atoms with Crippen LogP contribution in [0.15, 0.2) is 30.9 Å². The van der Waals surface area contributed by atoms with E-state index in [2.05, 4.69) is 31.8 Å². The summed E-state index contributed by atoms with van der Waals surface area (Å²) in [6, 6.07) is 6.49. The fraction of sp³-hybridized carbons (Fsp3) is 0.500. The standard InChI is InChI=1S/C16H25NO2/c1-5-11-19-16-14(12-17-13(4)6-2)9-8-10-15(16)18-7-3/h5,8-10,13,17H,1,6-7,11-12H2,2-4H3/t13-/m0/s1. The van der Waals surface area contributed by atoms with Gasteiger partial charge < -0.3 is 14.8 Å². The van der Waals surface area contributed by atoms with Gasteiger partial charge in [-0.2, -0.15) is 0 Å². The number of para-hydroxylation sites is 1. The third-order valence-electron chi connectivity index (χ3n) is 2.96. The van der Waals surface area contributed by atoms with Crippen LogP contribution in [-0.4, -0.2) is 19.3 Å². The van der Waals surface area contributed by atoms with Crippen molar-refractivity contribution < 1.29 is 9.47 Å². The smallest absolute Gasteiger partial charge is 0.166 e. The molecule has 0 aliphatic heterocycles. The van der Waals surface area contributed by atoms with Crippen molar-refractivity contribution in [2.75, 3.05) is 13.2 Å². The van der Waals surface area contributed by atoms with Gasteiger partial charge in [-0.25, -0.2) is 0 Å². The Kier molecular flexibility index (Phi) is 7.04. The first-order valence-corrected chi connectivity index (χ1v) is 6.94. The maximum Gasteiger partial charge on any atom is 0.166 e. The zero-order valence-electron chi connectivity index (χ0n) is 12.2. The summed E-state index contributed by atoms with van der Waals surface area (Å²) < 4.78 is 11.4. The van der Waals surface area contributed by atoms with E-state index in [1.807, 2.05) is 19.1 Å². The lowest BCUT2D eigenvalue weighted by molar-refractivity contribution is 0.293. The highest BCUT2D eigenvalue weighted by Crippen LogP contribution is 2.31. The van der Waals surface area contributed by atoms with E-state index in [-0.39, 0.29) is 0 Å². The summed E-state index contributed by atoms with van der Waals surface area (Å²) >= 11 is 0. The lowest BCUT2D eigenvalue weighted by Gasteiger charge is -2.17. The first kappa shape index (κ1) is 15.6. The topological polar surface area (TPSA) is 30.5 Å². The van der Waals surface area contributed by atoms with Gasteiger partial charge in [-0.3, -0.25) is 0 Å². The SMILES string of the molecule is C=CCOc1c(CN[C@@H](C)CC)cccc1OCC. The highest BCUT2D eigenvalue weighted by Gasteiger charge is 2.11. The second kappa shape index (κ2) is 8.59. The van der Waals surface area contributed by atoms with Crippen LogP contribution in [0.4, 0.5) is 0 Å². The summed E-state index contributed by atoms with van der Waals surface area (Å²) in [6.07, 6.45) is 2.85. The Bertz CT molecular complexity index is 390. The van der Waals surface area contributed by atoms with E-state index in [0.29, 0.717) is 19.3 Å². The molecule has 0 aliphatic rings. The molecule has 0 spiro atoms. The van der Waals surface area contributed by atoms with Crippen molar-refractivity contribution in [2.45, 2.75) is 39.8 Å². The van der Waals surface area contributed by atoms with Gasteiger partial charge in [0.05, 0.1) is 6.61 Å². The van der Waals surface area contributed by atoms with E-state index >= 15 is 0 Å². The molecular weight excluding hydrogens is 238 g/mol. The molecule has 0 saturated heterocycles. The van der Waals surface area contributed by atoms with Crippen molar-refractivity contribution >= 4 is 0 Å². The van der Waals surface area contributed by atoms with Crippen molar-refractivity contribution in [1.29, 1.82) is 0 Å². The van der Waals surface area contributed by atoms with Crippen molar-refractivity contribution in [3.8, 4) is 11.5 Å². The molecule has 0 aliphatic carbocycles. The van der Waals surface area contributed by atoms with Crippen LogP contribution in [0.25, 0.3) is 0 Å². The Morgan fingerprint density at radius 1 is 1.32 bits per heavy atom. The molecule has 0 aromatic heterocycles. The predicted molar refractivity (Wildman–Crippen MR) is 79.9 cm³/mol. The van der Waals surface area contributed by atoms with E-state index in [1.54, 1.807) is 6.08 Å². The summed E-state index contributed by atoms with van der Waals surface area (Å²) in [6.45, 7) is 11.9. The normalized spacial score (nSPS) is 11.9. The maximum atomic E-state index is 5.75. The van der Waals surface area contributed by atoms with Gasteiger partial charge in [-0.1, -0.05) is 31.7 Å². The van der Waals surface area contributed by atoms with Crippen molar-refractivity contribution in [2.24, 2.45) is 0 Å². The van der Waals surface area contributed by atoms with Gasteiger partial charge in [0.25, 0.3) is 0 Å². The van der Waals surface area contributed by atoms with E-state index in [1.165, 1.54) is 0 Å². The van der Waals surface area contributed by atoms with Gasteiger partial charge in [0.15, 0.2) is 11.5 Å². The zero-order chi connectivity index (χ0) is 14.1. The predicted octanol–water partition coefficient (Wildman–Crippen LogP) is 3.54. The molecule has 0 saturated carbocycles. The first-order valence-electron chi connectivity index (χ1n) is 6.94. The lowest BCUT2D eigenvalue weighted by atomic mass is 10.1. The van der Waals surface area contributed by atoms with Gasteiger partial charge in [-0.15, -0.1) is 0 Å². The van der Waals surface area contributed by atoms with Gasteiger partial charge >= 0.3 is 0 Å². The third-order valence-corrected chi connectivity index (χ3v) is 2.96. The molecule has 19 heavy (non-hydrogen) atoms. The number of hydrogen-bond acceptors (Lipinski definition) is 3. The molecule has 1 atom stereocenters. The zero-order valence-corrected chi connectivity index (χ0v) is 12.2. The minimum Gasteiger partial charge on any atom is -0.490 e. The minimum atomic E-state index is 0.487. The molecule has 1 rings (SSSR count). The molecule has 0 unspecified atom stereocenters. The Hall–Kier alpha value is -1.48. The van der Waals surface area contributed by atoms with Gasteiger partial charge in [-0.05, 0) is 26.3 Å². The van der Waals surface area contributed by atoms with Crippen molar-refractivity contribution in [3.63, 3.8) is 0 Å². The largest absolute Gasteiger partial charge is 0.490 e. The van der Waals surface area contributed by atoms with Crippen LogP contribution in [0.2, 0.25) is 0 Å². The van der Waals surface area contributed by atoms with Crippen molar-refractivity contribution in [3.05, 3.63) is 36.4 Å². The van der Waals surface area contributed by atoms with Gasteiger partial charge in [0.2, 0.25) is 0 Å². The summed E-state index contributed by atoms with van der Waals surface area (Å²) in [4.78, 5) is 0. The number of ether oxygens (including phenoxy) is 2. The second-order valence-electron chi connectivity index (χ2n) is 4.47. The highest BCUT2D eigenvalue weighted by molar-refractivity contribution is 5.46. The van der Waals surface area contributed by atoms with Crippen LogP contribution in [0.1, 0.15) is 32.8 Å². The average Bonchev–Trinajstić information content (AvgIpc) is 2.43. The first-order chi connectivity index (χ1) is 9.22. The maximum absolute atomic E-state index is 5.75. The lowest BCUT2D eigenvalue weighted by Crippen LogP contribution is -2.24. The van der Waals surface area contributed by atoms with E-state index < -0.39 is 0 Å². The summed E-state index contributed by atoms with van der Waals surface area (Å²) in [5.41, 5.74) is 1.12. The molecule has 3 heteroatoms. The van der Waals surface area contributed by atoms with Crippen molar-refractivity contribution in [1.82, 2.24) is 5.32 Å². The molecule has 1 aromatic rings. The molecular formula is C16H25NO2. The molecule has 0 bridgehead atoms. The van der Waals surface area contributed by atoms with Crippen LogP contribution in [0, 0.1) is 0 Å². The van der Waals surface area contributed by atoms with Crippen LogP contribution >= 0.6 is 0 Å². The monoisotopic (exact) mass is 263 g/mol. The fourth-order valence-corrected chi connectivity index (χ4v) is 1.70. The van der Waals surface area contributed by atoms with E-state index in [9.17, 15) is 0 Å². The van der Waals surface area contributed by atoms with Gasteiger partial charge in [0, 0.05) is 18.2 Å². The Morgan fingerprint density at radius 3 is 2.74 bits per heavy atom. The van der Waals surface area contributed by atoms with Gasteiger partial charge in [0.1, 0.15) is 6.61 Å². The number of nitrogens with one attached hydrogen (secondary N) is 1. The molecule has 0 heterocycles. The summed E-state index contributed by atoms with van der Waals surface area (Å²) in [5, 5.41) is 3.47. The molecule has 0 amide bonds. The van der Waals surface area contributed by atoms with E-state index in [4.69, 9.17) is 9.47 Å². The number of rotatable bonds is 9. The molecule has 3 nitrogen and oxygen atoms in total. The van der Waals surface area contributed by atoms with Crippen LogP contribution in [0.5, 0.6) is 11.5 Å². The Morgan fingerprint density at radius 2 is 2.11 bits per heavy atom. The van der Waals surface area contributed by atoms with Crippen LogP contribution < -0.4 is 14.8 Å². The Balaban J connectivity index is 2.86. The minimum absolute atomic E-state index is 0.487. The van der Waals surface area contributed by atoms with Crippen LogP contribution in [0.3, 0.4) is 0 Å². The number of hydrogen-bond donors (Lipinski definition) is 1. The highest BCUT2D eigenvalue weighted by atomic mass is 16.5. The second-order valence-corrected chi connectivity index (χ2v) is 4.47. The molecule has 1 N–H and O–H groups in total. The van der Waals surface area contributed by atoms with Crippen LogP contribution in [-0.2, 0) is 6.54 Å². The summed E-state index contributed by atoms with van der Waals surface area (Å²) in [5.74, 6) is 1.62. The third kappa shape index (κ3) is 4.95. The molecule has 0 fully saturated rings. The quantitative estimate of drug-likeness (QED) is 0.691. The Labute approximate surface area is 116 Å². The molecule has 1 aromatic carbocycles. The average molecular weight is 263 g/mol. The molecule has 0 radical (unpaired) electrons. The fourth-order valence-electron chi connectivity index (χ4n) is 1.70. The molecule has 106 valence electrons. The number of benzene rings is 1. The summed E-state index contributed by atoms with van der Waals surface area (Å²) in [7, 11) is 0. The van der Waals surface area contributed by atoms with E-state index in [0.717, 1.165) is 30.0 Å².